The minimum Gasteiger partial charge on any atom is -0.494 e. The monoisotopic (exact) mass is 331 g/mol. The molecule has 2 rings (SSSR count). The zero-order valence-corrected chi connectivity index (χ0v) is 13.3. The highest BCUT2D eigenvalue weighted by Crippen LogP contribution is 2.18. The van der Waals surface area contributed by atoms with E-state index < -0.39 is 17.7 Å². The number of nitrogens with one attached hydrogen (secondary N) is 1. The summed E-state index contributed by atoms with van der Waals surface area (Å²) < 4.78 is 23.2. The summed E-state index contributed by atoms with van der Waals surface area (Å²) in [6, 6.07) is 13.6. The van der Waals surface area contributed by atoms with Crippen molar-refractivity contribution < 1.29 is 23.5 Å². The van der Waals surface area contributed by atoms with Crippen LogP contribution in [-0.4, -0.2) is 25.6 Å². The number of rotatable bonds is 7. The first kappa shape index (κ1) is 17.5. The fourth-order valence-corrected chi connectivity index (χ4v) is 2.03. The van der Waals surface area contributed by atoms with Gasteiger partial charge in [-0.15, -0.1) is 0 Å². The number of halogens is 1. The third-order valence-electron chi connectivity index (χ3n) is 3.26. The predicted molar refractivity (Wildman–Crippen MR) is 85.9 cm³/mol. The minimum absolute atomic E-state index is 0.104. The molecule has 0 spiro atoms. The average Bonchev–Trinajstić information content (AvgIpc) is 2.59. The van der Waals surface area contributed by atoms with Crippen molar-refractivity contribution in [1.29, 1.82) is 0 Å². The van der Waals surface area contributed by atoms with Crippen LogP contribution in [0.1, 0.15) is 11.1 Å². The zero-order valence-electron chi connectivity index (χ0n) is 13.3. The van der Waals surface area contributed by atoms with Crippen molar-refractivity contribution in [3.8, 4) is 5.75 Å². The molecular formula is C18H18FNO4. The van der Waals surface area contributed by atoms with Crippen molar-refractivity contribution in [2.75, 3.05) is 13.7 Å². The average molecular weight is 331 g/mol. The lowest BCUT2D eigenvalue weighted by molar-refractivity contribution is -0.147. The second-order valence-corrected chi connectivity index (χ2v) is 5.07. The first-order valence-electron chi connectivity index (χ1n) is 7.37. The Kier molecular flexibility index (Phi) is 6.31. The third kappa shape index (κ3) is 5.39. The van der Waals surface area contributed by atoms with Gasteiger partial charge in [-0.05, 0) is 23.3 Å². The molecule has 0 aliphatic heterocycles. The van der Waals surface area contributed by atoms with E-state index in [4.69, 9.17) is 9.47 Å². The van der Waals surface area contributed by atoms with Crippen LogP contribution >= 0.6 is 0 Å². The molecule has 1 N–H and O–H groups in total. The second-order valence-electron chi connectivity index (χ2n) is 5.07. The number of ether oxygens (including phenoxy) is 2. The largest absolute Gasteiger partial charge is 0.494 e. The smallest absolute Gasteiger partial charge is 0.310 e. The van der Waals surface area contributed by atoms with Crippen molar-refractivity contribution in [2.24, 2.45) is 0 Å². The predicted octanol–water partition coefficient (Wildman–Crippen LogP) is 2.24. The van der Waals surface area contributed by atoms with Crippen LogP contribution in [0.4, 0.5) is 4.39 Å². The number of esters is 1. The quantitative estimate of drug-likeness (QED) is 0.790. The first-order valence-corrected chi connectivity index (χ1v) is 7.37. The molecular weight excluding hydrogens is 313 g/mol. The van der Waals surface area contributed by atoms with Crippen LogP contribution in [0.2, 0.25) is 0 Å². The summed E-state index contributed by atoms with van der Waals surface area (Å²) in [5.41, 5.74) is 1.40. The van der Waals surface area contributed by atoms with Crippen LogP contribution in [-0.2, 0) is 27.3 Å². The Balaban J connectivity index is 1.74. The summed E-state index contributed by atoms with van der Waals surface area (Å²) in [7, 11) is 1.36. The van der Waals surface area contributed by atoms with Gasteiger partial charge in [-0.2, -0.15) is 0 Å². The van der Waals surface area contributed by atoms with Gasteiger partial charge in [0.2, 0.25) is 0 Å². The lowest BCUT2D eigenvalue weighted by atomic mass is 10.1. The normalized spacial score (nSPS) is 10.1. The number of benzene rings is 2. The molecule has 0 fully saturated rings. The SMILES string of the molecule is COc1ccc(CC(=O)OCC(=O)NCc2ccccc2)cc1F. The number of carbonyl (C=O) groups is 2. The summed E-state index contributed by atoms with van der Waals surface area (Å²) in [5.74, 6) is -1.45. The van der Waals surface area contributed by atoms with E-state index in [9.17, 15) is 14.0 Å². The molecule has 5 nitrogen and oxygen atoms in total. The molecule has 1 amide bonds. The van der Waals surface area contributed by atoms with Crippen LogP contribution in [0.25, 0.3) is 0 Å². The Morgan fingerprint density at radius 1 is 1.08 bits per heavy atom. The van der Waals surface area contributed by atoms with Gasteiger partial charge in [0.25, 0.3) is 5.91 Å². The molecule has 0 saturated heterocycles. The highest BCUT2D eigenvalue weighted by Gasteiger charge is 2.10. The van der Waals surface area contributed by atoms with E-state index in [-0.39, 0.29) is 18.8 Å². The van der Waals surface area contributed by atoms with Crippen LogP contribution in [0.5, 0.6) is 5.75 Å². The fourth-order valence-electron chi connectivity index (χ4n) is 2.03. The van der Waals surface area contributed by atoms with E-state index >= 15 is 0 Å². The van der Waals surface area contributed by atoms with Crippen molar-refractivity contribution in [3.05, 3.63) is 65.5 Å². The Morgan fingerprint density at radius 3 is 2.50 bits per heavy atom. The molecule has 6 heteroatoms. The summed E-state index contributed by atoms with van der Waals surface area (Å²) in [6.07, 6.45) is -0.118. The third-order valence-corrected chi connectivity index (χ3v) is 3.26. The highest BCUT2D eigenvalue weighted by molar-refractivity contribution is 5.81. The molecule has 0 aliphatic carbocycles. The van der Waals surface area contributed by atoms with Crippen molar-refractivity contribution in [1.82, 2.24) is 5.32 Å². The molecule has 0 saturated carbocycles. The molecule has 24 heavy (non-hydrogen) atoms. The summed E-state index contributed by atoms with van der Waals surface area (Å²) in [4.78, 5) is 23.3. The number of hydrogen-bond donors (Lipinski definition) is 1. The fraction of sp³-hybridized carbons (Fsp3) is 0.222. The molecule has 0 radical (unpaired) electrons. The van der Waals surface area contributed by atoms with Gasteiger partial charge in [-0.3, -0.25) is 9.59 Å². The molecule has 0 bridgehead atoms. The van der Waals surface area contributed by atoms with E-state index in [1.54, 1.807) is 6.07 Å². The maximum atomic E-state index is 13.5. The van der Waals surface area contributed by atoms with Crippen LogP contribution in [0.3, 0.4) is 0 Å². The Morgan fingerprint density at radius 2 is 1.83 bits per heavy atom. The summed E-state index contributed by atoms with van der Waals surface area (Å²) in [6.45, 7) is -0.00871. The molecule has 126 valence electrons. The molecule has 2 aromatic carbocycles. The molecule has 2 aromatic rings. The van der Waals surface area contributed by atoms with Crippen molar-refractivity contribution >= 4 is 11.9 Å². The lowest BCUT2D eigenvalue weighted by Crippen LogP contribution is -2.28. The summed E-state index contributed by atoms with van der Waals surface area (Å²) in [5, 5.41) is 2.65. The first-order chi connectivity index (χ1) is 11.6. The van der Waals surface area contributed by atoms with Gasteiger partial charge in [-0.1, -0.05) is 36.4 Å². The van der Waals surface area contributed by atoms with Gasteiger partial charge in [-0.25, -0.2) is 4.39 Å². The van der Waals surface area contributed by atoms with Gasteiger partial charge < -0.3 is 14.8 Å². The number of amides is 1. The van der Waals surface area contributed by atoms with Gasteiger partial charge in [0.15, 0.2) is 18.2 Å². The lowest BCUT2D eigenvalue weighted by Gasteiger charge is -2.07. The highest BCUT2D eigenvalue weighted by atomic mass is 19.1. The molecule has 0 aromatic heterocycles. The van der Waals surface area contributed by atoms with Gasteiger partial charge >= 0.3 is 5.97 Å². The molecule has 0 aliphatic rings. The van der Waals surface area contributed by atoms with Crippen LogP contribution < -0.4 is 10.1 Å². The van der Waals surface area contributed by atoms with Gasteiger partial charge in [0, 0.05) is 6.54 Å². The standard InChI is InChI=1S/C18H18FNO4/c1-23-16-8-7-14(9-15(16)19)10-18(22)24-12-17(21)20-11-13-5-3-2-4-6-13/h2-9H,10-12H2,1H3,(H,20,21). The maximum Gasteiger partial charge on any atom is 0.310 e. The summed E-state index contributed by atoms with van der Waals surface area (Å²) >= 11 is 0. The minimum atomic E-state index is -0.602. The van der Waals surface area contributed by atoms with E-state index in [1.807, 2.05) is 30.3 Å². The zero-order chi connectivity index (χ0) is 17.4. The maximum absolute atomic E-state index is 13.5. The van der Waals surface area contributed by atoms with Crippen molar-refractivity contribution in [2.45, 2.75) is 13.0 Å². The Hall–Kier alpha value is -2.89. The van der Waals surface area contributed by atoms with E-state index in [0.717, 1.165) is 5.56 Å². The molecule has 0 unspecified atom stereocenters. The molecule has 0 heterocycles. The number of methoxy groups -OCH3 is 1. The van der Waals surface area contributed by atoms with Gasteiger partial charge in [0.1, 0.15) is 0 Å². The number of hydrogen-bond acceptors (Lipinski definition) is 4. The van der Waals surface area contributed by atoms with E-state index in [1.165, 1.54) is 19.2 Å². The Labute approximate surface area is 139 Å². The van der Waals surface area contributed by atoms with Crippen molar-refractivity contribution in [3.63, 3.8) is 0 Å². The van der Waals surface area contributed by atoms with Gasteiger partial charge in [0.05, 0.1) is 13.5 Å². The second kappa shape index (κ2) is 8.67. The molecule has 0 atom stereocenters. The van der Waals surface area contributed by atoms with E-state index in [2.05, 4.69) is 5.32 Å². The van der Waals surface area contributed by atoms with Crippen LogP contribution in [0, 0.1) is 5.82 Å². The number of carbonyl (C=O) groups excluding carboxylic acids is 2. The van der Waals surface area contributed by atoms with Crippen LogP contribution in [0.15, 0.2) is 48.5 Å². The van der Waals surface area contributed by atoms with E-state index in [0.29, 0.717) is 12.1 Å². The Bertz CT molecular complexity index is 703. The topological polar surface area (TPSA) is 64.6 Å².